The topological polar surface area (TPSA) is 86.8 Å². The van der Waals surface area contributed by atoms with Gasteiger partial charge in [0.15, 0.2) is 0 Å². The molecule has 0 aliphatic rings. The van der Waals surface area contributed by atoms with Crippen LogP contribution in [-0.2, 0) is 26.2 Å². The van der Waals surface area contributed by atoms with Crippen LogP contribution in [-0.4, -0.2) is 50.5 Å². The van der Waals surface area contributed by atoms with Gasteiger partial charge in [-0.05, 0) is 48.7 Å². The number of anilines is 1. The van der Waals surface area contributed by atoms with Crippen LogP contribution < -0.4 is 9.62 Å². The summed E-state index contributed by atoms with van der Waals surface area (Å²) in [5.74, 6) is -0.798. The van der Waals surface area contributed by atoms with Gasteiger partial charge in [-0.15, -0.1) is 0 Å². The molecule has 0 spiro atoms. The highest BCUT2D eigenvalue weighted by atomic mass is 35.5. The second-order valence-corrected chi connectivity index (χ2v) is 12.1. The number of hydrogen-bond donors (Lipinski definition) is 1. The molecular weight excluding hydrogens is 556 g/mol. The molecule has 0 radical (unpaired) electrons. The largest absolute Gasteiger partial charge is 0.354 e. The first-order valence-electron chi connectivity index (χ1n) is 10.6. The SMILES string of the molecule is CC(C)CNC(=O)[C@@H](C)N(Cc1ccc(Cl)cc1Cl)C(=O)CN(c1cc(Cl)cc(Cl)c1)S(C)(=O)=O. The van der Waals surface area contributed by atoms with Gasteiger partial charge in [0, 0.05) is 33.2 Å². The number of rotatable bonds is 10. The van der Waals surface area contributed by atoms with Gasteiger partial charge in [0.2, 0.25) is 21.8 Å². The Bertz CT molecular complexity index is 1170. The highest BCUT2D eigenvalue weighted by molar-refractivity contribution is 7.92. The molecule has 0 fully saturated rings. The minimum absolute atomic E-state index is 0.0427. The molecule has 0 saturated heterocycles. The van der Waals surface area contributed by atoms with Gasteiger partial charge in [-0.25, -0.2) is 8.42 Å². The van der Waals surface area contributed by atoms with E-state index in [0.29, 0.717) is 22.2 Å². The number of benzene rings is 2. The summed E-state index contributed by atoms with van der Waals surface area (Å²) in [7, 11) is -3.91. The van der Waals surface area contributed by atoms with Crippen molar-refractivity contribution in [3.8, 4) is 0 Å². The molecule has 7 nitrogen and oxygen atoms in total. The molecule has 0 bridgehead atoms. The number of amides is 2. The summed E-state index contributed by atoms with van der Waals surface area (Å²) in [6.45, 7) is 5.26. The van der Waals surface area contributed by atoms with Crippen molar-refractivity contribution in [1.82, 2.24) is 10.2 Å². The number of hydrogen-bond acceptors (Lipinski definition) is 4. The lowest BCUT2D eigenvalue weighted by Crippen LogP contribution is -2.51. The smallest absolute Gasteiger partial charge is 0.244 e. The molecule has 0 heterocycles. The van der Waals surface area contributed by atoms with Crippen LogP contribution in [0, 0.1) is 5.92 Å². The normalized spacial score (nSPS) is 12.4. The van der Waals surface area contributed by atoms with E-state index in [1.165, 1.54) is 29.2 Å². The Balaban J connectivity index is 2.43. The fourth-order valence-corrected chi connectivity index (χ4v) is 4.98. The van der Waals surface area contributed by atoms with E-state index in [4.69, 9.17) is 46.4 Å². The lowest BCUT2D eigenvalue weighted by atomic mass is 10.1. The van der Waals surface area contributed by atoms with Crippen LogP contribution in [0.2, 0.25) is 20.1 Å². The van der Waals surface area contributed by atoms with Gasteiger partial charge in [-0.1, -0.05) is 66.3 Å². The Kier molecular flexibility index (Phi) is 10.5. The van der Waals surface area contributed by atoms with Gasteiger partial charge in [0.05, 0.1) is 11.9 Å². The molecule has 0 aliphatic carbocycles. The fraction of sp³-hybridized carbons (Fsp3) is 0.391. The summed E-state index contributed by atoms with van der Waals surface area (Å²) in [4.78, 5) is 27.6. The zero-order valence-electron chi connectivity index (χ0n) is 19.7. The molecule has 12 heteroatoms. The summed E-state index contributed by atoms with van der Waals surface area (Å²) >= 11 is 24.4. The van der Waals surface area contributed by atoms with Crippen molar-refractivity contribution >= 4 is 73.9 Å². The Morgan fingerprint density at radius 3 is 2.06 bits per heavy atom. The molecule has 0 saturated carbocycles. The van der Waals surface area contributed by atoms with Crippen LogP contribution in [0.5, 0.6) is 0 Å². The van der Waals surface area contributed by atoms with Crippen molar-refractivity contribution in [1.29, 1.82) is 0 Å². The lowest BCUT2D eigenvalue weighted by Gasteiger charge is -2.32. The standard InChI is InChI=1S/C23H27Cl4N3O4S/c1-14(2)11-28-23(32)15(3)29(12-16-5-6-17(24)10-21(16)27)22(31)13-30(35(4,33)34)20-8-18(25)7-19(26)9-20/h5-10,14-15H,11-13H2,1-4H3,(H,28,32)/t15-/m1/s1. The molecule has 0 aliphatic heterocycles. The maximum Gasteiger partial charge on any atom is 0.244 e. The Morgan fingerprint density at radius 2 is 1.54 bits per heavy atom. The quantitative estimate of drug-likeness (QED) is 0.414. The lowest BCUT2D eigenvalue weighted by molar-refractivity contribution is -0.139. The Hall–Kier alpha value is -1.71. The molecule has 1 N–H and O–H groups in total. The fourth-order valence-electron chi connectivity index (χ4n) is 3.17. The number of carbonyl (C=O) groups is 2. The second-order valence-electron chi connectivity index (χ2n) is 8.47. The average Bonchev–Trinajstić information content (AvgIpc) is 2.73. The van der Waals surface area contributed by atoms with E-state index in [0.717, 1.165) is 10.6 Å². The number of halogens is 4. The predicted octanol–water partition coefficient (Wildman–Crippen LogP) is 5.26. The second kappa shape index (κ2) is 12.5. The highest BCUT2D eigenvalue weighted by Crippen LogP contribution is 2.28. The van der Waals surface area contributed by atoms with Gasteiger partial charge in [-0.2, -0.15) is 0 Å². The van der Waals surface area contributed by atoms with Crippen LogP contribution >= 0.6 is 46.4 Å². The number of nitrogens with zero attached hydrogens (tertiary/aromatic N) is 2. The minimum Gasteiger partial charge on any atom is -0.354 e. The van der Waals surface area contributed by atoms with Gasteiger partial charge in [0.1, 0.15) is 12.6 Å². The Morgan fingerprint density at radius 1 is 0.943 bits per heavy atom. The molecule has 1 atom stereocenters. The first kappa shape index (κ1) is 29.5. The van der Waals surface area contributed by atoms with Crippen LogP contribution in [0.4, 0.5) is 5.69 Å². The van der Waals surface area contributed by atoms with E-state index in [1.807, 2.05) is 13.8 Å². The molecular formula is C23H27Cl4N3O4S. The molecule has 2 amide bonds. The number of carbonyl (C=O) groups excluding carboxylic acids is 2. The summed E-state index contributed by atoms with van der Waals surface area (Å²) in [6, 6.07) is 8.10. The van der Waals surface area contributed by atoms with Crippen molar-refractivity contribution < 1.29 is 18.0 Å². The molecule has 35 heavy (non-hydrogen) atoms. The van der Waals surface area contributed by atoms with Crippen molar-refractivity contribution in [3.63, 3.8) is 0 Å². The maximum absolute atomic E-state index is 13.5. The zero-order chi connectivity index (χ0) is 26.5. The molecule has 2 aromatic rings. The first-order valence-corrected chi connectivity index (χ1v) is 14.0. The van der Waals surface area contributed by atoms with Crippen LogP contribution in [0.25, 0.3) is 0 Å². The average molecular weight is 583 g/mol. The van der Waals surface area contributed by atoms with Gasteiger partial charge >= 0.3 is 0 Å². The third-order valence-corrected chi connectivity index (χ3v) is 7.19. The molecule has 2 rings (SSSR count). The molecule has 0 unspecified atom stereocenters. The van der Waals surface area contributed by atoms with Crippen molar-refractivity contribution in [2.45, 2.75) is 33.4 Å². The van der Waals surface area contributed by atoms with Crippen molar-refractivity contribution in [3.05, 3.63) is 62.1 Å². The van der Waals surface area contributed by atoms with E-state index >= 15 is 0 Å². The van der Waals surface area contributed by atoms with Crippen LogP contribution in [0.1, 0.15) is 26.3 Å². The zero-order valence-corrected chi connectivity index (χ0v) is 23.5. The minimum atomic E-state index is -3.91. The summed E-state index contributed by atoms with van der Waals surface area (Å²) in [6.07, 6.45) is 0.967. The van der Waals surface area contributed by atoms with Gasteiger partial charge < -0.3 is 10.2 Å². The number of sulfonamides is 1. The third kappa shape index (κ3) is 8.72. The molecule has 192 valence electrons. The predicted molar refractivity (Wildman–Crippen MR) is 143 cm³/mol. The van der Waals surface area contributed by atoms with Crippen molar-refractivity contribution in [2.75, 3.05) is 23.7 Å². The van der Waals surface area contributed by atoms with E-state index in [9.17, 15) is 18.0 Å². The first-order chi connectivity index (χ1) is 16.2. The summed E-state index contributed by atoms with van der Waals surface area (Å²) in [5, 5.41) is 3.95. The Labute approximate surface area is 226 Å². The van der Waals surface area contributed by atoms with Gasteiger partial charge in [0.25, 0.3) is 0 Å². The maximum atomic E-state index is 13.5. The highest BCUT2D eigenvalue weighted by Gasteiger charge is 2.30. The van der Waals surface area contributed by atoms with E-state index in [-0.39, 0.29) is 34.1 Å². The molecule has 0 aromatic heterocycles. The summed E-state index contributed by atoms with van der Waals surface area (Å²) < 4.78 is 26.1. The van der Waals surface area contributed by atoms with E-state index in [1.54, 1.807) is 19.1 Å². The van der Waals surface area contributed by atoms with Crippen LogP contribution in [0.3, 0.4) is 0 Å². The van der Waals surface area contributed by atoms with E-state index < -0.39 is 28.5 Å². The molecule has 2 aromatic carbocycles. The van der Waals surface area contributed by atoms with Crippen LogP contribution in [0.15, 0.2) is 36.4 Å². The third-order valence-electron chi connectivity index (χ3n) is 5.02. The van der Waals surface area contributed by atoms with Gasteiger partial charge in [-0.3, -0.25) is 13.9 Å². The van der Waals surface area contributed by atoms with Crippen molar-refractivity contribution in [2.24, 2.45) is 5.92 Å². The number of nitrogens with one attached hydrogen (secondary N) is 1. The summed E-state index contributed by atoms with van der Waals surface area (Å²) in [5.41, 5.74) is 0.671. The monoisotopic (exact) mass is 581 g/mol. The van der Waals surface area contributed by atoms with E-state index in [2.05, 4.69) is 5.32 Å².